The minimum atomic E-state index is 0.682. The van der Waals surface area contributed by atoms with E-state index in [1.54, 1.807) is 14.2 Å². The summed E-state index contributed by atoms with van der Waals surface area (Å²) < 4.78 is 10.6. The fraction of sp³-hybridized carbons (Fsp3) is 0.357. The van der Waals surface area contributed by atoms with Crippen LogP contribution in [-0.4, -0.2) is 19.2 Å². The van der Waals surface area contributed by atoms with Gasteiger partial charge < -0.3 is 15.2 Å². The molecule has 4 heteroatoms. The molecule has 18 heavy (non-hydrogen) atoms. The van der Waals surface area contributed by atoms with Crippen molar-refractivity contribution in [2.24, 2.45) is 0 Å². The maximum Gasteiger partial charge on any atom is 0.148 e. The second kappa shape index (κ2) is 4.72. The highest BCUT2D eigenvalue weighted by Gasteiger charge is 2.13. The minimum Gasteiger partial charge on any atom is -0.497 e. The maximum absolute atomic E-state index is 6.23. The van der Waals surface area contributed by atoms with Gasteiger partial charge in [-0.05, 0) is 25.0 Å². The summed E-state index contributed by atoms with van der Waals surface area (Å²) in [7, 11) is 3.24. The van der Waals surface area contributed by atoms with E-state index in [1.807, 2.05) is 19.1 Å². The zero-order chi connectivity index (χ0) is 13.3. The second-order valence-corrected chi connectivity index (χ2v) is 4.17. The first kappa shape index (κ1) is 12.5. The number of ether oxygens (including phenoxy) is 2. The molecule has 0 atom stereocenters. The highest BCUT2D eigenvalue weighted by molar-refractivity contribution is 5.96. The van der Waals surface area contributed by atoms with Crippen molar-refractivity contribution in [1.29, 1.82) is 0 Å². The van der Waals surface area contributed by atoms with E-state index < -0.39 is 0 Å². The highest BCUT2D eigenvalue weighted by Crippen LogP contribution is 2.35. The first-order valence-electron chi connectivity index (χ1n) is 5.93. The Morgan fingerprint density at radius 1 is 1.22 bits per heavy atom. The zero-order valence-corrected chi connectivity index (χ0v) is 11.2. The first-order valence-corrected chi connectivity index (χ1v) is 5.93. The molecule has 0 spiro atoms. The van der Waals surface area contributed by atoms with E-state index in [-0.39, 0.29) is 0 Å². The summed E-state index contributed by atoms with van der Waals surface area (Å²) >= 11 is 0. The van der Waals surface area contributed by atoms with Gasteiger partial charge in [0.15, 0.2) is 0 Å². The Morgan fingerprint density at radius 2 is 1.94 bits per heavy atom. The van der Waals surface area contributed by atoms with Crippen LogP contribution < -0.4 is 15.2 Å². The van der Waals surface area contributed by atoms with Gasteiger partial charge in [0.1, 0.15) is 17.0 Å². The molecular formula is C14H18N2O2. The van der Waals surface area contributed by atoms with E-state index in [1.165, 1.54) is 0 Å². The zero-order valence-electron chi connectivity index (χ0n) is 11.2. The SMILES string of the molecule is CCc1c(C)nc2c(OC)cc(OC)cc2c1N. The summed E-state index contributed by atoms with van der Waals surface area (Å²) in [5.74, 6) is 1.40. The number of nitrogens with zero attached hydrogens (tertiary/aromatic N) is 1. The summed E-state index contributed by atoms with van der Waals surface area (Å²) in [6, 6.07) is 3.72. The standard InChI is InChI=1S/C14H18N2O2/c1-5-10-8(2)16-14-11(13(10)15)6-9(17-3)7-12(14)18-4/h6-7H,5H2,1-4H3,(H2,15,16). The molecule has 0 fully saturated rings. The first-order chi connectivity index (χ1) is 8.62. The third-order valence-electron chi connectivity index (χ3n) is 3.19. The number of benzene rings is 1. The molecule has 2 aromatic rings. The third-order valence-corrected chi connectivity index (χ3v) is 3.19. The average Bonchev–Trinajstić information content (AvgIpc) is 2.38. The van der Waals surface area contributed by atoms with Crippen LogP contribution in [0.5, 0.6) is 11.5 Å². The van der Waals surface area contributed by atoms with Crippen molar-refractivity contribution in [1.82, 2.24) is 4.98 Å². The van der Waals surface area contributed by atoms with Crippen LogP contribution >= 0.6 is 0 Å². The lowest BCUT2D eigenvalue weighted by Gasteiger charge is -2.14. The summed E-state index contributed by atoms with van der Waals surface area (Å²) in [6.07, 6.45) is 0.861. The topological polar surface area (TPSA) is 57.4 Å². The Kier molecular flexibility index (Phi) is 3.28. The predicted molar refractivity (Wildman–Crippen MR) is 73.4 cm³/mol. The van der Waals surface area contributed by atoms with E-state index in [0.29, 0.717) is 5.75 Å². The number of nitrogen functional groups attached to an aromatic ring is 1. The largest absolute Gasteiger partial charge is 0.497 e. The number of nitrogens with two attached hydrogens (primary N) is 1. The van der Waals surface area contributed by atoms with Gasteiger partial charge in [0.05, 0.1) is 14.2 Å². The molecule has 0 radical (unpaired) electrons. The predicted octanol–water partition coefficient (Wildman–Crippen LogP) is 2.71. The fourth-order valence-electron chi connectivity index (χ4n) is 2.22. The molecule has 0 unspecified atom stereocenters. The van der Waals surface area contributed by atoms with Gasteiger partial charge in [-0.3, -0.25) is 0 Å². The number of anilines is 1. The monoisotopic (exact) mass is 246 g/mol. The fourth-order valence-corrected chi connectivity index (χ4v) is 2.22. The Balaban J connectivity index is 2.87. The van der Waals surface area contributed by atoms with Crippen molar-refractivity contribution in [3.63, 3.8) is 0 Å². The lowest BCUT2D eigenvalue weighted by atomic mass is 10.0. The van der Waals surface area contributed by atoms with Crippen molar-refractivity contribution in [2.45, 2.75) is 20.3 Å². The molecule has 1 aromatic carbocycles. The van der Waals surface area contributed by atoms with E-state index in [0.717, 1.165) is 40.0 Å². The van der Waals surface area contributed by atoms with Gasteiger partial charge in [0.2, 0.25) is 0 Å². The van der Waals surface area contributed by atoms with Crippen molar-refractivity contribution < 1.29 is 9.47 Å². The van der Waals surface area contributed by atoms with Crippen LogP contribution in [-0.2, 0) is 6.42 Å². The quantitative estimate of drug-likeness (QED) is 0.904. The highest BCUT2D eigenvalue weighted by atomic mass is 16.5. The van der Waals surface area contributed by atoms with Crippen LogP contribution in [0.4, 0.5) is 5.69 Å². The van der Waals surface area contributed by atoms with E-state index in [4.69, 9.17) is 15.2 Å². The molecule has 0 aliphatic heterocycles. The van der Waals surface area contributed by atoms with E-state index >= 15 is 0 Å². The lowest BCUT2D eigenvalue weighted by Crippen LogP contribution is -2.02. The molecule has 4 nitrogen and oxygen atoms in total. The molecule has 2 N–H and O–H groups in total. The summed E-state index contributed by atoms with van der Waals surface area (Å²) in [6.45, 7) is 4.04. The lowest BCUT2D eigenvalue weighted by molar-refractivity contribution is 0.397. The van der Waals surface area contributed by atoms with Gasteiger partial charge in [-0.2, -0.15) is 0 Å². The number of fused-ring (bicyclic) bond motifs is 1. The molecule has 0 bridgehead atoms. The van der Waals surface area contributed by atoms with Gasteiger partial charge in [-0.25, -0.2) is 4.98 Å². The smallest absolute Gasteiger partial charge is 0.148 e. The molecule has 1 aromatic heterocycles. The Morgan fingerprint density at radius 3 is 2.50 bits per heavy atom. The maximum atomic E-state index is 6.23. The number of aromatic nitrogens is 1. The van der Waals surface area contributed by atoms with Gasteiger partial charge in [-0.15, -0.1) is 0 Å². The molecular weight excluding hydrogens is 228 g/mol. The normalized spacial score (nSPS) is 10.7. The van der Waals surface area contributed by atoms with Gasteiger partial charge in [0, 0.05) is 22.8 Å². The van der Waals surface area contributed by atoms with Crippen LogP contribution in [0.3, 0.4) is 0 Å². The van der Waals surface area contributed by atoms with Gasteiger partial charge in [0.25, 0.3) is 0 Å². The van der Waals surface area contributed by atoms with E-state index in [9.17, 15) is 0 Å². The molecule has 0 amide bonds. The van der Waals surface area contributed by atoms with Crippen LogP contribution in [0.1, 0.15) is 18.2 Å². The molecule has 0 aliphatic rings. The van der Waals surface area contributed by atoms with Crippen molar-refractivity contribution in [2.75, 3.05) is 20.0 Å². The number of pyridine rings is 1. The van der Waals surface area contributed by atoms with Crippen LogP contribution in [0, 0.1) is 6.92 Å². The van der Waals surface area contributed by atoms with Crippen molar-refractivity contribution in [3.8, 4) is 11.5 Å². The Labute approximate surface area is 107 Å². The summed E-state index contributed by atoms with van der Waals surface area (Å²) in [5.41, 5.74) is 9.80. The number of methoxy groups -OCH3 is 2. The van der Waals surface area contributed by atoms with Gasteiger partial charge in [-0.1, -0.05) is 6.92 Å². The van der Waals surface area contributed by atoms with Gasteiger partial charge >= 0.3 is 0 Å². The third kappa shape index (κ3) is 1.83. The molecule has 0 aliphatic carbocycles. The molecule has 96 valence electrons. The minimum absolute atomic E-state index is 0.682. The van der Waals surface area contributed by atoms with Crippen LogP contribution in [0.15, 0.2) is 12.1 Å². The molecule has 0 saturated carbocycles. The molecule has 1 heterocycles. The average molecular weight is 246 g/mol. The van der Waals surface area contributed by atoms with Crippen molar-refractivity contribution >= 4 is 16.6 Å². The number of hydrogen-bond donors (Lipinski definition) is 1. The number of rotatable bonds is 3. The number of hydrogen-bond acceptors (Lipinski definition) is 4. The second-order valence-electron chi connectivity index (χ2n) is 4.17. The molecule has 2 rings (SSSR count). The van der Waals surface area contributed by atoms with Crippen molar-refractivity contribution in [3.05, 3.63) is 23.4 Å². The summed E-state index contributed by atoms with van der Waals surface area (Å²) in [5, 5.41) is 0.883. The Bertz CT molecular complexity index is 594. The Hall–Kier alpha value is -1.97. The van der Waals surface area contributed by atoms with Crippen LogP contribution in [0.2, 0.25) is 0 Å². The summed E-state index contributed by atoms with van der Waals surface area (Å²) in [4.78, 5) is 4.59. The van der Waals surface area contributed by atoms with Crippen LogP contribution in [0.25, 0.3) is 10.9 Å². The molecule has 0 saturated heterocycles. The van der Waals surface area contributed by atoms with E-state index in [2.05, 4.69) is 11.9 Å². The number of aryl methyl sites for hydroxylation is 1.